The van der Waals surface area contributed by atoms with Gasteiger partial charge >= 0.3 is 0 Å². The van der Waals surface area contributed by atoms with Crippen LogP contribution in [0.2, 0.25) is 0 Å². The minimum absolute atomic E-state index is 0.0297. The van der Waals surface area contributed by atoms with Crippen LogP contribution in [0.1, 0.15) is 22.7 Å². The molecule has 9 heteroatoms. The van der Waals surface area contributed by atoms with E-state index < -0.39 is 17.7 Å². The molecule has 3 heterocycles. The van der Waals surface area contributed by atoms with Crippen LogP contribution in [-0.4, -0.2) is 54.1 Å². The summed E-state index contributed by atoms with van der Waals surface area (Å²) in [4.78, 5) is 32.1. The molecule has 0 spiro atoms. The molecule has 1 aromatic heterocycles. The monoisotopic (exact) mass is 488 g/mol. The Kier molecular flexibility index (Phi) is 6.20. The Morgan fingerprint density at radius 3 is 2.42 bits per heavy atom. The lowest BCUT2D eigenvalue weighted by molar-refractivity contribution is -0.140. The Hall–Kier alpha value is -4.53. The van der Waals surface area contributed by atoms with E-state index in [0.717, 1.165) is 5.56 Å². The van der Waals surface area contributed by atoms with Gasteiger partial charge in [0.05, 0.1) is 25.8 Å². The second-order valence-corrected chi connectivity index (χ2v) is 8.26. The number of hydrogen-bond acceptors (Lipinski definition) is 8. The van der Waals surface area contributed by atoms with Gasteiger partial charge < -0.3 is 29.0 Å². The van der Waals surface area contributed by atoms with Crippen LogP contribution in [0.4, 0.5) is 0 Å². The standard InChI is InChI=1S/C27H24N2O7/c1-33-19-5-3-17(13-21(19)34-2)24-23(25(30)18-4-6-20-22(14-18)36-12-11-35-20)26(31)27(32)29(24)15-16-7-9-28-10-8-16/h3-10,13-14,24,30H,11-12,15H2,1-2H3. The summed E-state index contributed by atoms with van der Waals surface area (Å²) >= 11 is 0. The molecule has 1 fully saturated rings. The van der Waals surface area contributed by atoms with E-state index in [1.807, 2.05) is 0 Å². The summed E-state index contributed by atoms with van der Waals surface area (Å²) in [5, 5.41) is 11.4. The molecule has 5 rings (SSSR count). The van der Waals surface area contributed by atoms with E-state index in [2.05, 4.69) is 4.98 Å². The molecule has 0 saturated carbocycles. The predicted molar refractivity (Wildman–Crippen MR) is 129 cm³/mol. The van der Waals surface area contributed by atoms with Gasteiger partial charge in [0.15, 0.2) is 23.0 Å². The van der Waals surface area contributed by atoms with Crippen molar-refractivity contribution < 1.29 is 33.6 Å². The van der Waals surface area contributed by atoms with Gasteiger partial charge in [-0.2, -0.15) is 0 Å². The zero-order valence-electron chi connectivity index (χ0n) is 19.8. The molecule has 0 radical (unpaired) electrons. The fourth-order valence-electron chi connectivity index (χ4n) is 4.44. The molecule has 1 unspecified atom stereocenters. The van der Waals surface area contributed by atoms with Crippen molar-refractivity contribution in [2.45, 2.75) is 12.6 Å². The average Bonchev–Trinajstić information content (AvgIpc) is 3.17. The van der Waals surface area contributed by atoms with E-state index in [1.54, 1.807) is 60.9 Å². The van der Waals surface area contributed by atoms with Gasteiger partial charge in [0.2, 0.25) is 0 Å². The minimum Gasteiger partial charge on any atom is -0.507 e. The normalized spacial score (nSPS) is 18.3. The van der Waals surface area contributed by atoms with Crippen molar-refractivity contribution in [2.75, 3.05) is 27.4 Å². The first-order chi connectivity index (χ1) is 17.5. The molecule has 184 valence electrons. The Labute approximate surface area is 207 Å². The summed E-state index contributed by atoms with van der Waals surface area (Å²) in [6.45, 7) is 0.945. The number of ether oxygens (including phenoxy) is 4. The Balaban J connectivity index is 1.65. The number of pyridine rings is 1. The van der Waals surface area contributed by atoms with Crippen LogP contribution in [0.3, 0.4) is 0 Å². The number of carbonyl (C=O) groups is 2. The second-order valence-electron chi connectivity index (χ2n) is 8.26. The van der Waals surface area contributed by atoms with E-state index in [-0.39, 0.29) is 17.9 Å². The fraction of sp³-hybridized carbons (Fsp3) is 0.222. The van der Waals surface area contributed by atoms with Crippen molar-refractivity contribution in [3.63, 3.8) is 0 Å². The van der Waals surface area contributed by atoms with Crippen molar-refractivity contribution in [3.8, 4) is 23.0 Å². The van der Waals surface area contributed by atoms with Gasteiger partial charge in [-0.05, 0) is 53.6 Å². The van der Waals surface area contributed by atoms with Crippen LogP contribution in [-0.2, 0) is 16.1 Å². The number of methoxy groups -OCH3 is 2. The number of amides is 1. The number of ketones is 1. The second kappa shape index (κ2) is 9.61. The van der Waals surface area contributed by atoms with E-state index in [4.69, 9.17) is 18.9 Å². The van der Waals surface area contributed by atoms with Crippen LogP contribution in [0.25, 0.3) is 5.76 Å². The molecule has 9 nitrogen and oxygen atoms in total. The zero-order valence-corrected chi connectivity index (χ0v) is 19.8. The van der Waals surface area contributed by atoms with Crippen molar-refractivity contribution in [1.82, 2.24) is 9.88 Å². The molecule has 0 aliphatic carbocycles. The molecule has 2 aromatic carbocycles. The van der Waals surface area contributed by atoms with Crippen molar-refractivity contribution in [3.05, 3.63) is 83.2 Å². The molecule has 1 saturated heterocycles. The number of Topliss-reactive ketones (excluding diaryl/α,β-unsaturated/α-hetero) is 1. The highest BCUT2D eigenvalue weighted by atomic mass is 16.6. The SMILES string of the molecule is COc1ccc(C2C(=C(O)c3ccc4c(c3)OCCO4)C(=O)C(=O)N2Cc2ccncc2)cc1OC. The third-order valence-electron chi connectivity index (χ3n) is 6.18. The predicted octanol–water partition coefficient (Wildman–Crippen LogP) is 3.49. The quantitative estimate of drug-likeness (QED) is 0.319. The van der Waals surface area contributed by atoms with E-state index in [1.165, 1.54) is 19.1 Å². The van der Waals surface area contributed by atoms with Gasteiger partial charge in [-0.3, -0.25) is 14.6 Å². The molecule has 0 bridgehead atoms. The van der Waals surface area contributed by atoms with Crippen LogP contribution in [0.5, 0.6) is 23.0 Å². The lowest BCUT2D eigenvalue weighted by atomic mass is 9.94. The minimum atomic E-state index is -0.869. The van der Waals surface area contributed by atoms with Crippen LogP contribution >= 0.6 is 0 Å². The zero-order chi connectivity index (χ0) is 25.2. The number of carbonyl (C=O) groups excluding carboxylic acids is 2. The molecule has 1 atom stereocenters. The number of aliphatic hydroxyl groups is 1. The van der Waals surface area contributed by atoms with Crippen molar-refractivity contribution in [2.24, 2.45) is 0 Å². The highest BCUT2D eigenvalue weighted by molar-refractivity contribution is 6.46. The van der Waals surface area contributed by atoms with E-state index in [0.29, 0.717) is 47.3 Å². The van der Waals surface area contributed by atoms with Gasteiger partial charge in [-0.25, -0.2) is 0 Å². The molecule has 2 aliphatic heterocycles. The summed E-state index contributed by atoms with van der Waals surface area (Å²) in [5.74, 6) is 0.138. The largest absolute Gasteiger partial charge is 0.507 e. The van der Waals surface area contributed by atoms with Gasteiger partial charge in [0.25, 0.3) is 11.7 Å². The maximum absolute atomic E-state index is 13.3. The molecule has 1 N–H and O–H groups in total. The summed E-state index contributed by atoms with van der Waals surface area (Å²) in [5.41, 5.74) is 1.68. The Bertz CT molecular complexity index is 1350. The molecular formula is C27H24N2O7. The number of aromatic nitrogens is 1. The smallest absolute Gasteiger partial charge is 0.295 e. The highest BCUT2D eigenvalue weighted by Gasteiger charge is 2.46. The number of benzene rings is 2. The van der Waals surface area contributed by atoms with Gasteiger partial charge in [-0.15, -0.1) is 0 Å². The van der Waals surface area contributed by atoms with Crippen LogP contribution in [0, 0.1) is 0 Å². The number of likely N-dealkylation sites (tertiary alicyclic amines) is 1. The molecule has 1 amide bonds. The van der Waals surface area contributed by atoms with Gasteiger partial charge in [0.1, 0.15) is 19.0 Å². The molecule has 36 heavy (non-hydrogen) atoms. The van der Waals surface area contributed by atoms with Crippen LogP contribution in [0.15, 0.2) is 66.5 Å². The average molecular weight is 488 g/mol. The third-order valence-corrected chi connectivity index (χ3v) is 6.18. The Morgan fingerprint density at radius 2 is 1.69 bits per heavy atom. The fourth-order valence-corrected chi connectivity index (χ4v) is 4.44. The van der Waals surface area contributed by atoms with E-state index in [9.17, 15) is 14.7 Å². The maximum atomic E-state index is 13.3. The number of aliphatic hydroxyl groups excluding tert-OH is 1. The number of fused-ring (bicyclic) bond motifs is 1. The lowest BCUT2D eigenvalue weighted by Gasteiger charge is -2.26. The summed E-state index contributed by atoms with van der Waals surface area (Å²) in [7, 11) is 3.03. The number of nitrogens with zero attached hydrogens (tertiary/aromatic N) is 2. The van der Waals surface area contributed by atoms with Crippen LogP contribution < -0.4 is 18.9 Å². The lowest BCUT2D eigenvalue weighted by Crippen LogP contribution is -2.29. The van der Waals surface area contributed by atoms with Gasteiger partial charge in [0, 0.05) is 24.5 Å². The highest BCUT2D eigenvalue weighted by Crippen LogP contribution is 2.43. The first-order valence-corrected chi connectivity index (χ1v) is 11.3. The molecule has 3 aromatic rings. The first-order valence-electron chi connectivity index (χ1n) is 11.3. The number of hydrogen-bond donors (Lipinski definition) is 1. The summed E-state index contributed by atoms with van der Waals surface area (Å²) in [6, 6.07) is 12.7. The Morgan fingerprint density at radius 1 is 0.972 bits per heavy atom. The maximum Gasteiger partial charge on any atom is 0.295 e. The topological polar surface area (TPSA) is 107 Å². The van der Waals surface area contributed by atoms with Crippen molar-refractivity contribution in [1.29, 1.82) is 0 Å². The summed E-state index contributed by atoms with van der Waals surface area (Å²) < 4.78 is 22.0. The van der Waals surface area contributed by atoms with Gasteiger partial charge in [-0.1, -0.05) is 6.07 Å². The molecule has 2 aliphatic rings. The number of rotatable bonds is 6. The molecular weight excluding hydrogens is 464 g/mol. The summed E-state index contributed by atoms with van der Waals surface area (Å²) in [6.07, 6.45) is 3.24. The van der Waals surface area contributed by atoms with Crippen molar-refractivity contribution >= 4 is 17.4 Å². The third kappa shape index (κ3) is 4.08. The van der Waals surface area contributed by atoms with E-state index >= 15 is 0 Å². The first kappa shape index (κ1) is 23.2.